The molecule has 0 fully saturated rings. The summed E-state index contributed by atoms with van der Waals surface area (Å²) in [5, 5.41) is 9.39. The summed E-state index contributed by atoms with van der Waals surface area (Å²) < 4.78 is 7.17. The van der Waals surface area contributed by atoms with Gasteiger partial charge in [-0.15, -0.1) is 10.2 Å². The fraction of sp³-hybridized carbons (Fsp3) is 0.130. The molecular weight excluding hydrogens is 396 g/mol. The molecule has 0 bridgehead atoms. The van der Waals surface area contributed by atoms with Crippen LogP contribution in [0.2, 0.25) is 0 Å². The molecule has 0 atom stereocenters. The molecule has 0 aliphatic carbocycles. The highest BCUT2D eigenvalue weighted by molar-refractivity contribution is 7.99. The molecule has 4 rings (SSSR count). The Hall–Kier alpha value is -3.45. The minimum Gasteiger partial charge on any atom is -0.497 e. The van der Waals surface area contributed by atoms with Crippen molar-refractivity contribution in [1.29, 1.82) is 0 Å². The van der Waals surface area contributed by atoms with Gasteiger partial charge < -0.3 is 4.74 Å². The van der Waals surface area contributed by atoms with Gasteiger partial charge >= 0.3 is 0 Å². The van der Waals surface area contributed by atoms with E-state index in [9.17, 15) is 4.79 Å². The van der Waals surface area contributed by atoms with Crippen molar-refractivity contribution in [2.24, 2.45) is 0 Å². The molecule has 2 aromatic carbocycles. The maximum Gasteiger partial charge on any atom is 0.196 e. The third kappa shape index (κ3) is 4.26. The van der Waals surface area contributed by atoms with Crippen LogP contribution in [0.15, 0.2) is 78.2 Å². The first-order valence-electron chi connectivity index (χ1n) is 9.38. The molecule has 0 aliphatic rings. The van der Waals surface area contributed by atoms with Gasteiger partial charge in [0.2, 0.25) is 0 Å². The highest BCUT2D eigenvalue weighted by Gasteiger charge is 2.18. The van der Waals surface area contributed by atoms with Gasteiger partial charge in [0.05, 0.1) is 12.9 Å². The summed E-state index contributed by atoms with van der Waals surface area (Å²) in [4.78, 5) is 16.9. The average molecular weight is 417 g/mol. The van der Waals surface area contributed by atoms with Crippen molar-refractivity contribution in [2.75, 3.05) is 12.9 Å². The zero-order valence-corrected chi connectivity index (χ0v) is 17.5. The van der Waals surface area contributed by atoms with Crippen molar-refractivity contribution < 1.29 is 9.53 Å². The van der Waals surface area contributed by atoms with Gasteiger partial charge in [-0.3, -0.25) is 14.3 Å². The van der Waals surface area contributed by atoms with Crippen LogP contribution >= 0.6 is 11.8 Å². The zero-order valence-electron chi connectivity index (χ0n) is 16.6. The topological polar surface area (TPSA) is 69.9 Å². The molecule has 30 heavy (non-hydrogen) atoms. The number of aryl methyl sites for hydroxylation is 1. The van der Waals surface area contributed by atoms with Gasteiger partial charge in [-0.25, -0.2) is 0 Å². The molecule has 2 aromatic heterocycles. The highest BCUT2D eigenvalue weighted by atomic mass is 32.2. The fourth-order valence-corrected chi connectivity index (χ4v) is 3.83. The van der Waals surface area contributed by atoms with E-state index in [-0.39, 0.29) is 11.5 Å². The van der Waals surface area contributed by atoms with E-state index in [1.54, 1.807) is 31.6 Å². The van der Waals surface area contributed by atoms with Gasteiger partial charge in [-0.05, 0) is 43.3 Å². The van der Waals surface area contributed by atoms with E-state index >= 15 is 0 Å². The number of carbonyl (C=O) groups is 1. The number of aromatic nitrogens is 4. The lowest BCUT2D eigenvalue weighted by Crippen LogP contribution is -2.05. The van der Waals surface area contributed by atoms with E-state index in [1.807, 2.05) is 60.0 Å². The Balaban J connectivity index is 1.65. The van der Waals surface area contributed by atoms with Crippen LogP contribution in [0.1, 0.15) is 15.9 Å². The smallest absolute Gasteiger partial charge is 0.196 e. The summed E-state index contributed by atoms with van der Waals surface area (Å²) in [5.41, 5.74) is 3.56. The largest absolute Gasteiger partial charge is 0.497 e. The quantitative estimate of drug-likeness (QED) is 0.323. The van der Waals surface area contributed by atoms with E-state index < -0.39 is 0 Å². The van der Waals surface area contributed by atoms with Crippen LogP contribution in [-0.2, 0) is 0 Å². The Kier molecular flexibility index (Phi) is 5.90. The molecular formula is C23H20N4O2S. The van der Waals surface area contributed by atoms with Crippen molar-refractivity contribution in [1.82, 2.24) is 19.7 Å². The normalized spacial score (nSPS) is 10.7. The summed E-state index contributed by atoms with van der Waals surface area (Å²) in [6.07, 6.45) is 3.48. The van der Waals surface area contributed by atoms with Gasteiger partial charge in [0.1, 0.15) is 5.75 Å². The predicted molar refractivity (Wildman–Crippen MR) is 117 cm³/mol. The number of hydrogen-bond acceptors (Lipinski definition) is 6. The first kappa shape index (κ1) is 19.8. The van der Waals surface area contributed by atoms with Gasteiger partial charge in [0, 0.05) is 29.2 Å². The number of Topliss-reactive ketones (excluding diaryl/α,β-unsaturated/α-hetero) is 1. The maximum absolute atomic E-state index is 12.7. The molecule has 4 aromatic rings. The molecule has 0 amide bonds. The average Bonchev–Trinajstić information content (AvgIpc) is 3.22. The lowest BCUT2D eigenvalue weighted by atomic mass is 10.1. The fourth-order valence-electron chi connectivity index (χ4n) is 2.98. The van der Waals surface area contributed by atoms with Crippen molar-refractivity contribution in [2.45, 2.75) is 12.1 Å². The Morgan fingerprint density at radius 1 is 1.07 bits per heavy atom. The number of benzene rings is 2. The third-order valence-corrected chi connectivity index (χ3v) is 5.50. The van der Waals surface area contributed by atoms with Crippen LogP contribution in [0.5, 0.6) is 5.75 Å². The summed E-state index contributed by atoms with van der Waals surface area (Å²) in [7, 11) is 1.59. The summed E-state index contributed by atoms with van der Waals surface area (Å²) in [5.74, 6) is 1.58. The van der Waals surface area contributed by atoms with Crippen LogP contribution in [0.25, 0.3) is 17.1 Å². The van der Waals surface area contributed by atoms with Crippen LogP contribution in [0.3, 0.4) is 0 Å². The Labute approximate surface area is 179 Å². The van der Waals surface area contributed by atoms with Crippen LogP contribution in [0, 0.1) is 6.92 Å². The van der Waals surface area contributed by atoms with Crippen molar-refractivity contribution in [3.63, 3.8) is 0 Å². The van der Waals surface area contributed by atoms with E-state index in [2.05, 4.69) is 15.2 Å². The van der Waals surface area contributed by atoms with Gasteiger partial charge in [0.15, 0.2) is 16.8 Å². The van der Waals surface area contributed by atoms with Crippen molar-refractivity contribution in [3.05, 3.63) is 84.2 Å². The molecule has 2 heterocycles. The van der Waals surface area contributed by atoms with Crippen LogP contribution < -0.4 is 4.74 Å². The lowest BCUT2D eigenvalue weighted by Gasteiger charge is -2.10. The number of hydrogen-bond donors (Lipinski definition) is 0. The molecule has 6 nitrogen and oxygen atoms in total. The summed E-state index contributed by atoms with van der Waals surface area (Å²) in [6, 6.07) is 19.1. The number of pyridine rings is 1. The standard InChI is InChI=1S/C23H20N4O2S/c1-16-8-10-19(11-9-16)27-22(18-6-4-12-24-14-18)25-26-23(27)30-15-21(28)17-5-3-7-20(13-17)29-2/h3-14H,15H2,1-2H3. The Bertz CT molecular complexity index is 1160. The second kappa shape index (κ2) is 8.92. The predicted octanol–water partition coefficient (Wildman–Crippen LogP) is 4.62. The van der Waals surface area contributed by atoms with E-state index in [1.165, 1.54) is 11.8 Å². The summed E-state index contributed by atoms with van der Waals surface area (Å²) >= 11 is 1.36. The minimum atomic E-state index is 0.000263. The van der Waals surface area contributed by atoms with Gasteiger partial charge in [-0.1, -0.05) is 41.6 Å². The number of methoxy groups -OCH3 is 1. The number of ketones is 1. The van der Waals surface area contributed by atoms with Crippen LogP contribution in [0.4, 0.5) is 0 Å². The molecule has 0 saturated heterocycles. The Morgan fingerprint density at radius 3 is 2.63 bits per heavy atom. The van der Waals surface area contributed by atoms with E-state index in [0.717, 1.165) is 16.8 Å². The van der Waals surface area contributed by atoms with Crippen LogP contribution in [-0.4, -0.2) is 38.4 Å². The van der Waals surface area contributed by atoms with Crippen molar-refractivity contribution in [3.8, 4) is 22.8 Å². The number of carbonyl (C=O) groups excluding carboxylic acids is 1. The first-order valence-corrected chi connectivity index (χ1v) is 10.4. The lowest BCUT2D eigenvalue weighted by molar-refractivity contribution is 0.102. The monoisotopic (exact) mass is 416 g/mol. The Morgan fingerprint density at radius 2 is 1.90 bits per heavy atom. The SMILES string of the molecule is COc1cccc(C(=O)CSc2nnc(-c3cccnc3)n2-c2ccc(C)cc2)c1. The second-order valence-electron chi connectivity index (χ2n) is 6.66. The number of rotatable bonds is 7. The number of ether oxygens (including phenoxy) is 1. The van der Waals surface area contributed by atoms with Gasteiger partial charge in [-0.2, -0.15) is 0 Å². The van der Waals surface area contributed by atoms with E-state index in [4.69, 9.17) is 4.74 Å². The van der Waals surface area contributed by atoms with Gasteiger partial charge in [0.25, 0.3) is 0 Å². The number of thioether (sulfide) groups is 1. The minimum absolute atomic E-state index is 0.000263. The molecule has 150 valence electrons. The molecule has 0 aliphatic heterocycles. The highest BCUT2D eigenvalue weighted by Crippen LogP contribution is 2.28. The number of nitrogens with zero attached hydrogens (tertiary/aromatic N) is 4. The third-order valence-electron chi connectivity index (χ3n) is 4.57. The maximum atomic E-state index is 12.7. The first-order chi connectivity index (χ1) is 14.7. The van der Waals surface area contributed by atoms with E-state index in [0.29, 0.717) is 22.3 Å². The molecule has 0 unspecified atom stereocenters. The molecule has 0 N–H and O–H groups in total. The molecule has 0 radical (unpaired) electrons. The molecule has 7 heteroatoms. The van der Waals surface area contributed by atoms with Crippen molar-refractivity contribution >= 4 is 17.5 Å². The second-order valence-corrected chi connectivity index (χ2v) is 7.61. The molecule has 0 spiro atoms. The zero-order chi connectivity index (χ0) is 20.9. The molecule has 0 saturated carbocycles. The summed E-state index contributed by atoms with van der Waals surface area (Å²) in [6.45, 7) is 2.04.